The molecular weight excluding hydrogens is 300 g/mol. The summed E-state index contributed by atoms with van der Waals surface area (Å²) in [7, 11) is 0. The Kier molecular flexibility index (Phi) is 6.51. The average Bonchev–Trinajstić information content (AvgIpc) is 3.15. The van der Waals surface area contributed by atoms with Crippen molar-refractivity contribution in [3.8, 4) is 5.75 Å². The van der Waals surface area contributed by atoms with Crippen molar-refractivity contribution in [2.45, 2.75) is 25.6 Å². The van der Waals surface area contributed by atoms with Gasteiger partial charge in [0.1, 0.15) is 12.4 Å². The zero-order valence-corrected chi connectivity index (χ0v) is 14.0. The van der Waals surface area contributed by atoms with Gasteiger partial charge in [-0.15, -0.1) is 0 Å². The van der Waals surface area contributed by atoms with Gasteiger partial charge in [-0.1, -0.05) is 42.5 Å². The molecule has 1 saturated heterocycles. The monoisotopic (exact) mass is 326 g/mol. The molecule has 1 aliphatic rings. The Morgan fingerprint density at radius 1 is 1.00 bits per heavy atom. The third-order valence-corrected chi connectivity index (χ3v) is 4.14. The first kappa shape index (κ1) is 16.8. The number of nitrogens with one attached hydrogen (secondary N) is 2. The van der Waals surface area contributed by atoms with Gasteiger partial charge in [0.2, 0.25) is 0 Å². The Bertz CT molecular complexity index is 598. The van der Waals surface area contributed by atoms with Crippen molar-refractivity contribution in [2.75, 3.05) is 31.6 Å². The quantitative estimate of drug-likeness (QED) is 0.693. The molecule has 1 aliphatic heterocycles. The van der Waals surface area contributed by atoms with Crippen LogP contribution in [0.25, 0.3) is 0 Å². The minimum atomic E-state index is 0.395. The maximum absolute atomic E-state index is 5.96. The number of anilines is 1. The minimum Gasteiger partial charge on any atom is -0.487 e. The molecule has 0 amide bonds. The van der Waals surface area contributed by atoms with E-state index in [1.807, 2.05) is 36.4 Å². The van der Waals surface area contributed by atoms with Gasteiger partial charge in [0.15, 0.2) is 0 Å². The van der Waals surface area contributed by atoms with E-state index in [9.17, 15) is 0 Å². The molecule has 0 aliphatic carbocycles. The number of rotatable bonds is 9. The van der Waals surface area contributed by atoms with Crippen LogP contribution in [0.15, 0.2) is 54.6 Å². The van der Waals surface area contributed by atoms with Gasteiger partial charge in [-0.2, -0.15) is 0 Å². The molecule has 0 saturated carbocycles. The molecular formula is C20H26N2O2. The van der Waals surface area contributed by atoms with E-state index < -0.39 is 0 Å². The van der Waals surface area contributed by atoms with Crippen LogP contribution in [0.5, 0.6) is 5.75 Å². The molecule has 3 rings (SSSR count). The van der Waals surface area contributed by atoms with E-state index in [-0.39, 0.29) is 0 Å². The van der Waals surface area contributed by atoms with Crippen LogP contribution in [0.4, 0.5) is 5.69 Å². The molecule has 1 fully saturated rings. The summed E-state index contributed by atoms with van der Waals surface area (Å²) in [6, 6.07) is 18.3. The number of para-hydroxylation sites is 2. The smallest absolute Gasteiger partial charge is 0.142 e. The third-order valence-electron chi connectivity index (χ3n) is 4.14. The van der Waals surface area contributed by atoms with Gasteiger partial charge in [-0.05, 0) is 30.5 Å². The van der Waals surface area contributed by atoms with E-state index in [0.717, 1.165) is 37.7 Å². The minimum absolute atomic E-state index is 0.395. The Labute approximate surface area is 144 Å². The first-order valence-corrected chi connectivity index (χ1v) is 8.74. The van der Waals surface area contributed by atoms with Gasteiger partial charge in [0.25, 0.3) is 0 Å². The molecule has 2 aromatic carbocycles. The second-order valence-electron chi connectivity index (χ2n) is 6.04. The summed E-state index contributed by atoms with van der Waals surface area (Å²) in [5.74, 6) is 0.889. The molecule has 128 valence electrons. The van der Waals surface area contributed by atoms with Crippen LogP contribution in [-0.2, 0) is 11.3 Å². The Morgan fingerprint density at radius 2 is 1.83 bits per heavy atom. The molecule has 1 atom stereocenters. The fourth-order valence-corrected chi connectivity index (χ4v) is 2.83. The summed E-state index contributed by atoms with van der Waals surface area (Å²) < 4.78 is 11.6. The molecule has 1 heterocycles. The van der Waals surface area contributed by atoms with Gasteiger partial charge >= 0.3 is 0 Å². The van der Waals surface area contributed by atoms with Gasteiger partial charge in [-0.3, -0.25) is 0 Å². The van der Waals surface area contributed by atoms with Crippen molar-refractivity contribution in [1.82, 2.24) is 5.32 Å². The van der Waals surface area contributed by atoms with Crippen LogP contribution < -0.4 is 15.4 Å². The summed E-state index contributed by atoms with van der Waals surface area (Å²) in [4.78, 5) is 0. The first-order valence-electron chi connectivity index (χ1n) is 8.74. The lowest BCUT2D eigenvalue weighted by Crippen LogP contribution is -2.30. The van der Waals surface area contributed by atoms with Crippen LogP contribution in [0, 0.1) is 0 Å². The normalized spacial score (nSPS) is 16.9. The highest BCUT2D eigenvalue weighted by atomic mass is 16.5. The summed E-state index contributed by atoms with van der Waals surface area (Å²) in [6.45, 7) is 4.20. The molecule has 0 aromatic heterocycles. The Morgan fingerprint density at radius 3 is 2.67 bits per heavy atom. The van der Waals surface area contributed by atoms with E-state index in [2.05, 4.69) is 28.8 Å². The van der Waals surface area contributed by atoms with Crippen LogP contribution in [0.3, 0.4) is 0 Å². The maximum atomic E-state index is 5.96. The van der Waals surface area contributed by atoms with Gasteiger partial charge < -0.3 is 20.1 Å². The van der Waals surface area contributed by atoms with E-state index in [1.165, 1.54) is 18.4 Å². The number of ether oxygens (including phenoxy) is 2. The average molecular weight is 326 g/mol. The summed E-state index contributed by atoms with van der Waals surface area (Å²) in [5, 5.41) is 6.89. The molecule has 0 bridgehead atoms. The van der Waals surface area contributed by atoms with E-state index in [0.29, 0.717) is 12.7 Å². The highest BCUT2D eigenvalue weighted by Gasteiger charge is 2.14. The van der Waals surface area contributed by atoms with Crippen molar-refractivity contribution in [3.63, 3.8) is 0 Å². The summed E-state index contributed by atoms with van der Waals surface area (Å²) in [6.07, 6.45) is 2.76. The lowest BCUT2D eigenvalue weighted by atomic mass is 10.2. The fourth-order valence-electron chi connectivity index (χ4n) is 2.83. The van der Waals surface area contributed by atoms with E-state index in [1.54, 1.807) is 0 Å². The zero-order chi connectivity index (χ0) is 16.5. The molecule has 24 heavy (non-hydrogen) atoms. The molecule has 2 aromatic rings. The first-order chi connectivity index (χ1) is 11.9. The number of hydrogen-bond acceptors (Lipinski definition) is 4. The van der Waals surface area contributed by atoms with E-state index in [4.69, 9.17) is 9.47 Å². The van der Waals surface area contributed by atoms with Crippen molar-refractivity contribution >= 4 is 5.69 Å². The van der Waals surface area contributed by atoms with Crippen LogP contribution in [0.2, 0.25) is 0 Å². The molecule has 1 unspecified atom stereocenters. The Hall–Kier alpha value is -2.04. The zero-order valence-electron chi connectivity index (χ0n) is 14.0. The number of benzene rings is 2. The largest absolute Gasteiger partial charge is 0.487 e. The second kappa shape index (κ2) is 9.30. The highest BCUT2D eigenvalue weighted by molar-refractivity contribution is 5.56. The van der Waals surface area contributed by atoms with Crippen LogP contribution in [-0.4, -0.2) is 32.3 Å². The van der Waals surface area contributed by atoms with Crippen molar-refractivity contribution in [2.24, 2.45) is 0 Å². The molecule has 0 radical (unpaired) electrons. The second-order valence-corrected chi connectivity index (χ2v) is 6.04. The SMILES string of the molecule is c1ccc(COc2ccccc2NCCNCC2CCCO2)cc1. The van der Waals surface area contributed by atoms with Crippen molar-refractivity contribution in [3.05, 3.63) is 60.2 Å². The lowest BCUT2D eigenvalue weighted by molar-refractivity contribution is 0.110. The highest BCUT2D eigenvalue weighted by Crippen LogP contribution is 2.24. The van der Waals surface area contributed by atoms with Crippen LogP contribution in [0.1, 0.15) is 18.4 Å². The van der Waals surface area contributed by atoms with Gasteiger partial charge in [-0.25, -0.2) is 0 Å². The molecule has 4 nitrogen and oxygen atoms in total. The fraction of sp³-hybridized carbons (Fsp3) is 0.400. The van der Waals surface area contributed by atoms with Crippen molar-refractivity contribution < 1.29 is 9.47 Å². The van der Waals surface area contributed by atoms with Crippen LogP contribution >= 0.6 is 0 Å². The standard InChI is InChI=1S/C20H26N2O2/c1-2-7-17(8-3-1)16-24-20-11-5-4-10-19(20)22-13-12-21-15-18-9-6-14-23-18/h1-5,7-8,10-11,18,21-22H,6,9,12-16H2. The third kappa shape index (κ3) is 5.25. The maximum Gasteiger partial charge on any atom is 0.142 e. The van der Waals surface area contributed by atoms with E-state index >= 15 is 0 Å². The number of hydrogen-bond donors (Lipinski definition) is 2. The Balaban J connectivity index is 1.41. The lowest BCUT2D eigenvalue weighted by Gasteiger charge is -2.14. The topological polar surface area (TPSA) is 42.5 Å². The molecule has 0 spiro atoms. The van der Waals surface area contributed by atoms with Crippen molar-refractivity contribution in [1.29, 1.82) is 0 Å². The van der Waals surface area contributed by atoms with Gasteiger partial charge in [0, 0.05) is 26.2 Å². The predicted molar refractivity (Wildman–Crippen MR) is 97.5 cm³/mol. The molecule has 4 heteroatoms. The van der Waals surface area contributed by atoms with Gasteiger partial charge in [0.05, 0.1) is 11.8 Å². The summed E-state index contributed by atoms with van der Waals surface area (Å²) in [5.41, 5.74) is 2.21. The molecule has 2 N–H and O–H groups in total. The predicted octanol–water partition coefficient (Wildman–Crippen LogP) is 3.45. The summed E-state index contributed by atoms with van der Waals surface area (Å²) >= 11 is 0.